The minimum atomic E-state index is 0.210. The Morgan fingerprint density at radius 3 is 2.83 bits per heavy atom. The zero-order valence-corrected chi connectivity index (χ0v) is 8.01. The van der Waals surface area contributed by atoms with Crippen LogP contribution in [0.25, 0.3) is 0 Å². The molecular weight excluding hydrogens is 150 g/mol. The highest BCUT2D eigenvalue weighted by molar-refractivity contribution is 5.09. The Hall–Kier alpha value is -0.340. The number of hydrogen-bond donors (Lipinski definition) is 2. The highest BCUT2D eigenvalue weighted by Crippen LogP contribution is 2.13. The zero-order chi connectivity index (χ0) is 8.97. The van der Waals surface area contributed by atoms with Gasteiger partial charge in [0, 0.05) is 12.6 Å². The van der Waals surface area contributed by atoms with Crippen LogP contribution in [0.15, 0.2) is 11.6 Å². The van der Waals surface area contributed by atoms with E-state index in [1.165, 1.54) is 6.42 Å². The van der Waals surface area contributed by atoms with Crippen molar-refractivity contribution in [3.05, 3.63) is 11.6 Å². The second-order valence-electron chi connectivity index (χ2n) is 3.96. The summed E-state index contributed by atoms with van der Waals surface area (Å²) in [6.07, 6.45) is 4.48. The third-order valence-corrected chi connectivity index (χ3v) is 2.27. The molecule has 1 aliphatic rings. The van der Waals surface area contributed by atoms with Gasteiger partial charge in [-0.25, -0.2) is 0 Å². The molecule has 0 saturated heterocycles. The summed E-state index contributed by atoms with van der Waals surface area (Å²) in [5.74, 6) is 0.756. The van der Waals surface area contributed by atoms with Crippen LogP contribution in [-0.4, -0.2) is 24.3 Å². The van der Waals surface area contributed by atoms with Crippen LogP contribution < -0.4 is 5.32 Å². The van der Waals surface area contributed by atoms with Gasteiger partial charge in [0.1, 0.15) is 0 Å². The van der Waals surface area contributed by atoms with Gasteiger partial charge in [0.25, 0.3) is 0 Å². The SMILES string of the molecule is CC(C)CC1CC=C(CO)CN1. The van der Waals surface area contributed by atoms with Gasteiger partial charge in [-0.15, -0.1) is 0 Å². The van der Waals surface area contributed by atoms with Crippen molar-refractivity contribution in [3.8, 4) is 0 Å². The van der Waals surface area contributed by atoms with Crippen LogP contribution in [-0.2, 0) is 0 Å². The van der Waals surface area contributed by atoms with E-state index in [4.69, 9.17) is 5.11 Å². The summed E-state index contributed by atoms with van der Waals surface area (Å²) in [7, 11) is 0. The topological polar surface area (TPSA) is 32.3 Å². The molecular formula is C10H19NO. The fourth-order valence-corrected chi connectivity index (χ4v) is 1.61. The third-order valence-electron chi connectivity index (χ3n) is 2.27. The van der Waals surface area contributed by atoms with Gasteiger partial charge >= 0.3 is 0 Å². The summed E-state index contributed by atoms with van der Waals surface area (Å²) < 4.78 is 0. The molecule has 2 nitrogen and oxygen atoms in total. The predicted octanol–water partition coefficient (Wildman–Crippen LogP) is 1.31. The highest BCUT2D eigenvalue weighted by atomic mass is 16.3. The molecule has 0 aromatic rings. The van der Waals surface area contributed by atoms with Gasteiger partial charge in [-0.05, 0) is 24.3 Å². The molecule has 0 aliphatic carbocycles. The van der Waals surface area contributed by atoms with Crippen LogP contribution in [0.5, 0.6) is 0 Å². The van der Waals surface area contributed by atoms with Crippen molar-refractivity contribution in [2.75, 3.05) is 13.2 Å². The molecule has 12 heavy (non-hydrogen) atoms. The van der Waals surface area contributed by atoms with Crippen LogP contribution in [0.1, 0.15) is 26.7 Å². The quantitative estimate of drug-likeness (QED) is 0.624. The van der Waals surface area contributed by atoms with E-state index in [1.807, 2.05) is 0 Å². The lowest BCUT2D eigenvalue weighted by atomic mass is 9.97. The molecule has 1 aliphatic heterocycles. The number of nitrogens with one attached hydrogen (secondary N) is 1. The fourth-order valence-electron chi connectivity index (χ4n) is 1.61. The van der Waals surface area contributed by atoms with Crippen molar-refractivity contribution in [2.24, 2.45) is 5.92 Å². The molecule has 1 atom stereocenters. The number of aliphatic hydroxyl groups is 1. The first-order valence-corrected chi connectivity index (χ1v) is 4.74. The molecule has 0 saturated carbocycles. The number of aliphatic hydroxyl groups excluding tert-OH is 1. The van der Waals surface area contributed by atoms with Crippen molar-refractivity contribution in [3.63, 3.8) is 0 Å². The van der Waals surface area contributed by atoms with Gasteiger partial charge in [-0.1, -0.05) is 19.9 Å². The van der Waals surface area contributed by atoms with Crippen LogP contribution >= 0.6 is 0 Å². The molecule has 0 aromatic heterocycles. The Morgan fingerprint density at radius 1 is 1.67 bits per heavy atom. The van der Waals surface area contributed by atoms with Crippen LogP contribution in [0, 0.1) is 5.92 Å². The number of rotatable bonds is 3. The van der Waals surface area contributed by atoms with E-state index in [9.17, 15) is 0 Å². The van der Waals surface area contributed by atoms with Crippen LogP contribution in [0.4, 0.5) is 0 Å². The third kappa shape index (κ3) is 2.95. The standard InChI is InChI=1S/C10H19NO/c1-8(2)5-10-4-3-9(7-12)6-11-10/h3,8,10-12H,4-7H2,1-2H3. The largest absolute Gasteiger partial charge is 0.392 e. The molecule has 70 valence electrons. The van der Waals surface area contributed by atoms with Crippen molar-refractivity contribution in [1.29, 1.82) is 0 Å². The van der Waals surface area contributed by atoms with Crippen molar-refractivity contribution in [1.82, 2.24) is 5.32 Å². The van der Waals surface area contributed by atoms with Gasteiger partial charge < -0.3 is 10.4 Å². The van der Waals surface area contributed by atoms with Gasteiger partial charge in [0.2, 0.25) is 0 Å². The minimum absolute atomic E-state index is 0.210. The molecule has 0 fully saturated rings. The molecule has 0 radical (unpaired) electrons. The van der Waals surface area contributed by atoms with E-state index in [1.54, 1.807) is 0 Å². The lowest BCUT2D eigenvalue weighted by Gasteiger charge is -2.24. The first kappa shape index (κ1) is 9.75. The molecule has 0 amide bonds. The summed E-state index contributed by atoms with van der Waals surface area (Å²) >= 11 is 0. The van der Waals surface area contributed by atoms with E-state index < -0.39 is 0 Å². The Kier molecular flexibility index (Phi) is 3.76. The zero-order valence-electron chi connectivity index (χ0n) is 8.01. The minimum Gasteiger partial charge on any atom is -0.392 e. The maximum atomic E-state index is 8.85. The maximum Gasteiger partial charge on any atom is 0.0654 e. The van der Waals surface area contributed by atoms with Crippen molar-refractivity contribution >= 4 is 0 Å². The second-order valence-corrected chi connectivity index (χ2v) is 3.96. The van der Waals surface area contributed by atoms with Gasteiger partial charge in [-0.2, -0.15) is 0 Å². The maximum absolute atomic E-state index is 8.85. The Bertz CT molecular complexity index is 163. The van der Waals surface area contributed by atoms with E-state index in [0.29, 0.717) is 6.04 Å². The molecule has 1 unspecified atom stereocenters. The average Bonchev–Trinajstić information content (AvgIpc) is 2.05. The van der Waals surface area contributed by atoms with Crippen LogP contribution in [0.2, 0.25) is 0 Å². The molecule has 0 aromatic carbocycles. The van der Waals surface area contributed by atoms with Gasteiger partial charge in [0.15, 0.2) is 0 Å². The molecule has 1 rings (SSSR count). The Balaban J connectivity index is 2.31. The smallest absolute Gasteiger partial charge is 0.0654 e. The molecule has 0 spiro atoms. The first-order chi connectivity index (χ1) is 5.72. The fraction of sp³-hybridized carbons (Fsp3) is 0.800. The number of hydrogen-bond acceptors (Lipinski definition) is 2. The summed E-state index contributed by atoms with van der Waals surface area (Å²) in [4.78, 5) is 0. The lowest BCUT2D eigenvalue weighted by Crippen LogP contribution is -2.35. The van der Waals surface area contributed by atoms with E-state index in [0.717, 1.165) is 24.5 Å². The van der Waals surface area contributed by atoms with Crippen LogP contribution in [0.3, 0.4) is 0 Å². The molecule has 2 heteroatoms. The highest BCUT2D eigenvalue weighted by Gasteiger charge is 2.13. The van der Waals surface area contributed by atoms with E-state index in [2.05, 4.69) is 25.2 Å². The van der Waals surface area contributed by atoms with E-state index >= 15 is 0 Å². The van der Waals surface area contributed by atoms with Crippen molar-refractivity contribution in [2.45, 2.75) is 32.7 Å². The average molecular weight is 169 g/mol. The summed E-state index contributed by atoms with van der Waals surface area (Å²) in [5, 5.41) is 12.3. The lowest BCUT2D eigenvalue weighted by molar-refractivity contribution is 0.316. The predicted molar refractivity (Wildman–Crippen MR) is 51.0 cm³/mol. The van der Waals surface area contributed by atoms with Crippen molar-refractivity contribution < 1.29 is 5.11 Å². The summed E-state index contributed by atoms with van der Waals surface area (Å²) in [5.41, 5.74) is 1.13. The van der Waals surface area contributed by atoms with Gasteiger partial charge in [0.05, 0.1) is 6.61 Å². The Labute approximate surface area is 74.7 Å². The second kappa shape index (κ2) is 4.63. The summed E-state index contributed by atoms with van der Waals surface area (Å²) in [6, 6.07) is 0.625. The molecule has 1 heterocycles. The normalized spacial score (nSPS) is 24.3. The summed E-state index contributed by atoms with van der Waals surface area (Å²) in [6.45, 7) is 5.56. The van der Waals surface area contributed by atoms with E-state index in [-0.39, 0.29) is 6.61 Å². The van der Waals surface area contributed by atoms with Gasteiger partial charge in [-0.3, -0.25) is 0 Å². The monoisotopic (exact) mass is 169 g/mol. The first-order valence-electron chi connectivity index (χ1n) is 4.74. The Morgan fingerprint density at radius 2 is 2.42 bits per heavy atom. The molecule has 2 N–H and O–H groups in total. The molecule has 0 bridgehead atoms.